The monoisotopic (exact) mass is 193 g/mol. The van der Waals surface area contributed by atoms with Gasteiger partial charge in [-0.1, -0.05) is 6.07 Å². The Morgan fingerprint density at radius 2 is 2.07 bits per heavy atom. The molecule has 1 aromatic carbocycles. The minimum absolute atomic E-state index is 0.00565. The average molecular weight is 193 g/mol. The first kappa shape index (κ1) is 10.6. The quantitative estimate of drug-likeness (QED) is 0.718. The molecule has 0 bridgehead atoms. The fraction of sp³-hybridized carbons (Fsp3) is 0.364. The number of carbonyl (C=O) groups is 1. The van der Waals surface area contributed by atoms with Gasteiger partial charge in [0.1, 0.15) is 5.75 Å². The van der Waals surface area contributed by atoms with Crippen molar-refractivity contribution >= 4 is 11.6 Å². The Morgan fingerprint density at radius 1 is 1.43 bits per heavy atom. The van der Waals surface area contributed by atoms with Crippen molar-refractivity contribution in [1.29, 1.82) is 0 Å². The summed E-state index contributed by atoms with van der Waals surface area (Å²) in [5.74, 6) is 0.710. The Morgan fingerprint density at radius 3 is 2.57 bits per heavy atom. The number of methoxy groups -OCH3 is 1. The van der Waals surface area contributed by atoms with Crippen LogP contribution in [0.15, 0.2) is 18.2 Å². The van der Waals surface area contributed by atoms with E-state index < -0.39 is 0 Å². The Bertz CT molecular complexity index is 347. The van der Waals surface area contributed by atoms with Crippen LogP contribution in [0.4, 0.5) is 5.69 Å². The predicted molar refractivity (Wildman–Crippen MR) is 56.8 cm³/mol. The van der Waals surface area contributed by atoms with Crippen LogP contribution in [0, 0.1) is 6.92 Å². The topological polar surface area (TPSA) is 29.5 Å². The third-order valence-corrected chi connectivity index (χ3v) is 2.17. The van der Waals surface area contributed by atoms with Crippen molar-refractivity contribution in [3.63, 3.8) is 0 Å². The number of ether oxygens (including phenoxy) is 1. The van der Waals surface area contributed by atoms with Gasteiger partial charge in [0.05, 0.1) is 12.8 Å². The highest BCUT2D eigenvalue weighted by molar-refractivity contribution is 5.92. The molecule has 0 saturated carbocycles. The van der Waals surface area contributed by atoms with Crippen LogP contribution in [-0.4, -0.2) is 20.1 Å². The van der Waals surface area contributed by atoms with Crippen molar-refractivity contribution in [1.82, 2.24) is 0 Å². The van der Waals surface area contributed by atoms with E-state index in [-0.39, 0.29) is 5.91 Å². The lowest BCUT2D eigenvalue weighted by atomic mass is 10.2. The predicted octanol–water partition coefficient (Wildman–Crippen LogP) is 1.99. The third-order valence-electron chi connectivity index (χ3n) is 2.17. The van der Waals surface area contributed by atoms with Gasteiger partial charge in [0.2, 0.25) is 5.91 Å². The first-order valence-electron chi connectivity index (χ1n) is 4.45. The Hall–Kier alpha value is -1.51. The van der Waals surface area contributed by atoms with Crippen molar-refractivity contribution in [2.24, 2.45) is 0 Å². The molecule has 1 aromatic rings. The zero-order valence-corrected chi connectivity index (χ0v) is 9.00. The highest BCUT2D eigenvalue weighted by Gasteiger charge is 2.11. The summed E-state index contributed by atoms with van der Waals surface area (Å²) in [6, 6.07) is 5.75. The van der Waals surface area contributed by atoms with E-state index in [0.717, 1.165) is 11.3 Å². The van der Waals surface area contributed by atoms with Crippen LogP contribution in [0.3, 0.4) is 0 Å². The Labute approximate surface area is 84.3 Å². The number of aryl methyl sites for hydroxylation is 1. The van der Waals surface area contributed by atoms with E-state index in [4.69, 9.17) is 4.74 Å². The van der Waals surface area contributed by atoms with Gasteiger partial charge in [0, 0.05) is 14.0 Å². The van der Waals surface area contributed by atoms with Crippen LogP contribution in [0.2, 0.25) is 0 Å². The van der Waals surface area contributed by atoms with Crippen molar-refractivity contribution < 1.29 is 9.53 Å². The van der Waals surface area contributed by atoms with E-state index in [1.54, 1.807) is 19.1 Å². The maximum atomic E-state index is 11.2. The summed E-state index contributed by atoms with van der Waals surface area (Å²) in [5, 5.41) is 0. The molecule has 0 spiro atoms. The number of carbonyl (C=O) groups excluding carboxylic acids is 1. The zero-order valence-electron chi connectivity index (χ0n) is 9.00. The third kappa shape index (κ3) is 2.05. The number of benzene rings is 1. The summed E-state index contributed by atoms with van der Waals surface area (Å²) < 4.78 is 5.18. The van der Waals surface area contributed by atoms with Crippen LogP contribution in [0.25, 0.3) is 0 Å². The van der Waals surface area contributed by atoms with Crippen molar-refractivity contribution in [3.05, 3.63) is 23.8 Å². The van der Waals surface area contributed by atoms with Gasteiger partial charge < -0.3 is 9.64 Å². The maximum Gasteiger partial charge on any atom is 0.223 e. The molecule has 0 N–H and O–H groups in total. The molecular formula is C11H15NO2. The molecule has 0 aliphatic heterocycles. The van der Waals surface area contributed by atoms with Gasteiger partial charge in [-0.2, -0.15) is 0 Å². The number of anilines is 1. The second-order valence-electron chi connectivity index (χ2n) is 3.25. The first-order chi connectivity index (χ1) is 6.56. The fourth-order valence-electron chi connectivity index (χ4n) is 1.23. The molecule has 76 valence electrons. The van der Waals surface area contributed by atoms with Crippen LogP contribution < -0.4 is 9.64 Å². The van der Waals surface area contributed by atoms with Gasteiger partial charge in [-0.05, 0) is 24.6 Å². The molecule has 0 radical (unpaired) electrons. The first-order valence-corrected chi connectivity index (χ1v) is 4.45. The zero-order chi connectivity index (χ0) is 10.7. The molecule has 1 amide bonds. The average Bonchev–Trinajstić information content (AvgIpc) is 2.16. The van der Waals surface area contributed by atoms with E-state index in [9.17, 15) is 4.79 Å². The van der Waals surface area contributed by atoms with Gasteiger partial charge in [0.15, 0.2) is 0 Å². The maximum absolute atomic E-state index is 11.2. The van der Waals surface area contributed by atoms with E-state index in [0.29, 0.717) is 5.75 Å². The number of nitrogens with zero attached hydrogens (tertiary/aromatic N) is 1. The fourth-order valence-corrected chi connectivity index (χ4v) is 1.23. The SMILES string of the molecule is COc1ccc(C)cc1N(C)C(C)=O. The molecule has 14 heavy (non-hydrogen) atoms. The van der Waals surface area contributed by atoms with E-state index in [2.05, 4.69) is 0 Å². The molecular weight excluding hydrogens is 178 g/mol. The summed E-state index contributed by atoms with van der Waals surface area (Å²) in [7, 11) is 3.34. The summed E-state index contributed by atoms with van der Waals surface area (Å²) in [6.07, 6.45) is 0. The Kier molecular flexibility index (Phi) is 3.12. The Balaban J connectivity index is 3.16. The van der Waals surface area contributed by atoms with Crippen molar-refractivity contribution in [3.8, 4) is 5.75 Å². The van der Waals surface area contributed by atoms with Crippen LogP contribution in [-0.2, 0) is 4.79 Å². The van der Waals surface area contributed by atoms with Gasteiger partial charge in [-0.3, -0.25) is 4.79 Å². The number of hydrogen-bond acceptors (Lipinski definition) is 2. The number of hydrogen-bond donors (Lipinski definition) is 0. The molecule has 0 saturated heterocycles. The molecule has 0 aliphatic rings. The lowest BCUT2D eigenvalue weighted by molar-refractivity contribution is -0.116. The van der Waals surface area contributed by atoms with Crippen molar-refractivity contribution in [2.75, 3.05) is 19.1 Å². The summed E-state index contributed by atoms with van der Waals surface area (Å²) in [4.78, 5) is 12.8. The lowest BCUT2D eigenvalue weighted by Gasteiger charge is -2.18. The van der Waals surface area contributed by atoms with Gasteiger partial charge in [0.25, 0.3) is 0 Å². The molecule has 0 atom stereocenters. The van der Waals surface area contributed by atoms with Crippen LogP contribution in [0.5, 0.6) is 5.75 Å². The van der Waals surface area contributed by atoms with Gasteiger partial charge in [-0.15, -0.1) is 0 Å². The largest absolute Gasteiger partial charge is 0.495 e. The molecule has 0 unspecified atom stereocenters. The second-order valence-corrected chi connectivity index (χ2v) is 3.25. The summed E-state index contributed by atoms with van der Waals surface area (Å²) in [6.45, 7) is 3.51. The number of rotatable bonds is 2. The lowest BCUT2D eigenvalue weighted by Crippen LogP contribution is -2.23. The normalized spacial score (nSPS) is 9.71. The van der Waals surface area contributed by atoms with Gasteiger partial charge in [-0.25, -0.2) is 0 Å². The van der Waals surface area contributed by atoms with E-state index >= 15 is 0 Å². The highest BCUT2D eigenvalue weighted by Crippen LogP contribution is 2.28. The summed E-state index contributed by atoms with van der Waals surface area (Å²) >= 11 is 0. The van der Waals surface area contributed by atoms with E-state index in [1.807, 2.05) is 25.1 Å². The second kappa shape index (κ2) is 4.13. The molecule has 3 nitrogen and oxygen atoms in total. The minimum atomic E-state index is -0.00565. The summed E-state index contributed by atoms with van der Waals surface area (Å²) in [5.41, 5.74) is 1.91. The van der Waals surface area contributed by atoms with Gasteiger partial charge >= 0.3 is 0 Å². The molecule has 3 heteroatoms. The smallest absolute Gasteiger partial charge is 0.223 e. The number of amides is 1. The minimum Gasteiger partial charge on any atom is -0.495 e. The van der Waals surface area contributed by atoms with Crippen LogP contribution in [0.1, 0.15) is 12.5 Å². The van der Waals surface area contributed by atoms with Crippen molar-refractivity contribution in [2.45, 2.75) is 13.8 Å². The molecule has 0 aromatic heterocycles. The highest BCUT2D eigenvalue weighted by atomic mass is 16.5. The molecule has 0 fully saturated rings. The van der Waals surface area contributed by atoms with Crippen LogP contribution >= 0.6 is 0 Å². The standard InChI is InChI=1S/C11H15NO2/c1-8-5-6-11(14-4)10(7-8)12(3)9(2)13/h5-7H,1-4H3. The molecule has 0 heterocycles. The molecule has 0 aliphatic carbocycles. The molecule has 1 rings (SSSR count). The van der Waals surface area contributed by atoms with E-state index in [1.165, 1.54) is 6.92 Å².